The molecule has 13 heteroatoms. The zero-order valence-electron chi connectivity index (χ0n) is 15.1. The lowest BCUT2D eigenvalue weighted by Gasteiger charge is -2.28. The van der Waals surface area contributed by atoms with Gasteiger partial charge in [0.25, 0.3) is 11.7 Å². The third kappa shape index (κ3) is 3.81. The van der Waals surface area contributed by atoms with E-state index in [0.717, 1.165) is 33.2 Å². The Morgan fingerprint density at radius 3 is 2.31 bits per heavy atom. The lowest BCUT2D eigenvalue weighted by atomic mass is 10.1. The van der Waals surface area contributed by atoms with Crippen LogP contribution in [0.1, 0.15) is 19.7 Å². The number of methoxy groups -OCH3 is 1. The molecule has 0 amide bonds. The number of nitrogens with zero attached hydrogens (tertiary/aromatic N) is 5. The average molecular weight is 421 g/mol. The van der Waals surface area contributed by atoms with Crippen molar-refractivity contribution in [2.45, 2.75) is 31.7 Å². The first-order valence-corrected chi connectivity index (χ1v) is 7.93. The van der Waals surface area contributed by atoms with E-state index in [1.54, 1.807) is 0 Å². The number of fused-ring (bicyclic) bond motifs is 1. The molecule has 3 rings (SSSR count). The molecule has 0 spiro atoms. The van der Waals surface area contributed by atoms with Gasteiger partial charge in [-0.1, -0.05) is 0 Å². The van der Waals surface area contributed by atoms with Gasteiger partial charge in [0.1, 0.15) is 0 Å². The highest BCUT2D eigenvalue weighted by molar-refractivity contribution is 5.59. The number of rotatable bonds is 5. The molecule has 0 unspecified atom stereocenters. The highest BCUT2D eigenvalue weighted by atomic mass is 19.4. The molecule has 3 heterocycles. The monoisotopic (exact) mass is 421 g/mol. The summed E-state index contributed by atoms with van der Waals surface area (Å²) in [4.78, 5) is 3.56. The van der Waals surface area contributed by atoms with Crippen LogP contribution in [0.4, 0.5) is 26.3 Å². The molecule has 0 saturated carbocycles. The van der Waals surface area contributed by atoms with Crippen molar-refractivity contribution in [3.05, 3.63) is 36.0 Å². The Morgan fingerprint density at radius 2 is 1.72 bits per heavy atom. The largest absolute Gasteiger partial charge is 0.460 e. The van der Waals surface area contributed by atoms with E-state index in [9.17, 15) is 26.3 Å². The van der Waals surface area contributed by atoms with Gasteiger partial charge >= 0.3 is 12.3 Å². The predicted octanol–water partition coefficient (Wildman–Crippen LogP) is 3.74. The smallest absolute Gasteiger partial charge is 0.427 e. The summed E-state index contributed by atoms with van der Waals surface area (Å²) >= 11 is 0. The van der Waals surface area contributed by atoms with Crippen LogP contribution < -0.4 is 4.74 Å². The standard InChI is InChI=1S/C16H13F6N5O2/c1-14(2,16(20,21)22)29-12-9(17)6-8(7-23-12)10-4-5-11-24-25-13(27(11)26-10)15(18,19)28-3/h4-7H,1-3H3. The molecule has 0 aliphatic carbocycles. The van der Waals surface area contributed by atoms with Gasteiger partial charge in [0, 0.05) is 18.9 Å². The minimum atomic E-state index is -4.76. The van der Waals surface area contributed by atoms with E-state index in [4.69, 9.17) is 0 Å². The number of hydrogen-bond acceptors (Lipinski definition) is 6. The van der Waals surface area contributed by atoms with Crippen molar-refractivity contribution in [3.8, 4) is 17.1 Å². The molecule has 7 nitrogen and oxygen atoms in total. The minimum Gasteiger partial charge on any atom is -0.460 e. The second-order valence-corrected chi connectivity index (χ2v) is 6.35. The van der Waals surface area contributed by atoms with Crippen LogP contribution >= 0.6 is 0 Å². The summed E-state index contributed by atoms with van der Waals surface area (Å²) in [5.74, 6) is -2.96. The molecule has 0 radical (unpaired) electrons. The van der Waals surface area contributed by atoms with Gasteiger partial charge in [0.2, 0.25) is 0 Å². The van der Waals surface area contributed by atoms with Crippen LogP contribution in [0.5, 0.6) is 5.88 Å². The Labute approximate surface area is 159 Å². The van der Waals surface area contributed by atoms with Gasteiger partial charge < -0.3 is 9.47 Å². The summed E-state index contributed by atoms with van der Waals surface area (Å²) in [5.41, 5.74) is -2.72. The SMILES string of the molecule is COC(F)(F)c1nnc2ccc(-c3cnc(OC(C)(C)C(F)(F)F)c(F)c3)nn12. The minimum absolute atomic E-state index is 0.00180. The fourth-order valence-corrected chi connectivity index (χ4v) is 2.16. The summed E-state index contributed by atoms with van der Waals surface area (Å²) in [6.07, 6.45) is -7.54. The fraction of sp³-hybridized carbons (Fsp3) is 0.375. The lowest BCUT2D eigenvalue weighted by molar-refractivity contribution is -0.238. The van der Waals surface area contributed by atoms with Crippen LogP contribution in [0.2, 0.25) is 0 Å². The Hall–Kier alpha value is -2.96. The van der Waals surface area contributed by atoms with Crippen molar-refractivity contribution in [2.75, 3.05) is 7.11 Å². The van der Waals surface area contributed by atoms with Crippen LogP contribution in [0.3, 0.4) is 0 Å². The average Bonchev–Trinajstić information content (AvgIpc) is 3.06. The second kappa shape index (κ2) is 6.83. The molecule has 0 aliphatic heterocycles. The zero-order valence-corrected chi connectivity index (χ0v) is 15.1. The number of aromatic nitrogens is 5. The number of alkyl halides is 5. The van der Waals surface area contributed by atoms with Crippen molar-refractivity contribution in [2.24, 2.45) is 0 Å². The fourth-order valence-electron chi connectivity index (χ4n) is 2.16. The molecule has 0 aliphatic rings. The van der Waals surface area contributed by atoms with Crippen molar-refractivity contribution in [1.29, 1.82) is 0 Å². The second-order valence-electron chi connectivity index (χ2n) is 6.35. The highest BCUT2D eigenvalue weighted by Gasteiger charge is 2.50. The quantitative estimate of drug-likeness (QED) is 0.585. The van der Waals surface area contributed by atoms with Crippen LogP contribution in [0, 0.1) is 5.82 Å². The molecule has 0 bridgehead atoms. The predicted molar refractivity (Wildman–Crippen MR) is 85.6 cm³/mol. The molecule has 0 fully saturated rings. The molecule has 3 aromatic rings. The molecular formula is C16H13F6N5O2. The summed E-state index contributed by atoms with van der Waals surface area (Å²) in [5, 5.41) is 10.8. The Morgan fingerprint density at radius 1 is 1.03 bits per heavy atom. The first kappa shape index (κ1) is 20.8. The first-order chi connectivity index (χ1) is 13.4. The summed E-state index contributed by atoms with van der Waals surface area (Å²) in [6.45, 7) is 1.45. The Bertz CT molecular complexity index is 1050. The maximum absolute atomic E-state index is 14.3. The van der Waals surface area contributed by atoms with E-state index in [1.807, 2.05) is 0 Å². The van der Waals surface area contributed by atoms with Crippen molar-refractivity contribution in [1.82, 2.24) is 24.8 Å². The van der Waals surface area contributed by atoms with Crippen molar-refractivity contribution in [3.63, 3.8) is 0 Å². The molecule has 29 heavy (non-hydrogen) atoms. The Kier molecular flexibility index (Phi) is 4.89. The molecule has 156 valence electrons. The summed E-state index contributed by atoms with van der Waals surface area (Å²) < 4.78 is 90.0. The first-order valence-electron chi connectivity index (χ1n) is 7.93. The van der Waals surface area contributed by atoms with Crippen LogP contribution in [-0.4, -0.2) is 43.7 Å². The number of hydrogen-bond donors (Lipinski definition) is 0. The number of ether oxygens (including phenoxy) is 2. The van der Waals surface area contributed by atoms with E-state index in [2.05, 4.69) is 29.8 Å². The van der Waals surface area contributed by atoms with E-state index >= 15 is 0 Å². The van der Waals surface area contributed by atoms with E-state index in [-0.39, 0.29) is 16.9 Å². The topological polar surface area (TPSA) is 74.4 Å². The van der Waals surface area contributed by atoms with E-state index in [1.165, 1.54) is 12.1 Å². The van der Waals surface area contributed by atoms with Crippen molar-refractivity contribution < 1.29 is 35.8 Å². The maximum Gasteiger partial charge on any atom is 0.427 e. The third-order valence-corrected chi connectivity index (χ3v) is 3.92. The van der Waals surface area contributed by atoms with Gasteiger partial charge in [-0.05, 0) is 32.0 Å². The third-order valence-electron chi connectivity index (χ3n) is 3.92. The summed E-state index contributed by atoms with van der Waals surface area (Å²) in [6, 6.07) is 3.44. The van der Waals surface area contributed by atoms with Gasteiger partial charge in [0.15, 0.2) is 17.1 Å². The van der Waals surface area contributed by atoms with Gasteiger partial charge in [-0.3, -0.25) is 0 Å². The molecular weight excluding hydrogens is 408 g/mol. The van der Waals surface area contributed by atoms with Crippen LogP contribution in [0.15, 0.2) is 24.4 Å². The van der Waals surface area contributed by atoms with Gasteiger partial charge in [-0.25, -0.2) is 9.37 Å². The van der Waals surface area contributed by atoms with E-state index in [0.29, 0.717) is 4.52 Å². The van der Waals surface area contributed by atoms with Gasteiger partial charge in [-0.2, -0.15) is 31.6 Å². The number of halogens is 6. The maximum atomic E-state index is 14.3. The normalized spacial score (nSPS) is 13.1. The van der Waals surface area contributed by atoms with E-state index < -0.39 is 35.4 Å². The summed E-state index contributed by atoms with van der Waals surface area (Å²) in [7, 11) is 0.769. The lowest BCUT2D eigenvalue weighted by Crippen LogP contribution is -2.45. The highest BCUT2D eigenvalue weighted by Crippen LogP contribution is 2.35. The molecule has 3 aromatic heterocycles. The van der Waals surface area contributed by atoms with Gasteiger partial charge in [-0.15, -0.1) is 10.2 Å². The molecule has 0 aromatic carbocycles. The Balaban J connectivity index is 1.98. The zero-order chi connectivity index (χ0) is 21.6. The molecule has 0 atom stereocenters. The van der Waals surface area contributed by atoms with Crippen LogP contribution in [-0.2, 0) is 10.8 Å². The van der Waals surface area contributed by atoms with Crippen molar-refractivity contribution >= 4 is 5.65 Å². The molecule has 0 N–H and O–H groups in total. The van der Waals surface area contributed by atoms with Gasteiger partial charge in [0.05, 0.1) is 5.69 Å². The number of pyridine rings is 1. The van der Waals surface area contributed by atoms with Crippen LogP contribution in [0.25, 0.3) is 16.9 Å². The molecule has 0 saturated heterocycles.